The predicted octanol–water partition coefficient (Wildman–Crippen LogP) is 3.13. The first-order chi connectivity index (χ1) is 8.88. The summed E-state index contributed by atoms with van der Waals surface area (Å²) in [6, 6.07) is 7.92. The van der Waals surface area contributed by atoms with Gasteiger partial charge in [-0.3, -0.25) is 0 Å². The minimum absolute atomic E-state index is 0.116. The molecule has 1 saturated carbocycles. The fraction of sp³-hybridized carbons (Fsp3) is 0.500. The van der Waals surface area contributed by atoms with Crippen LogP contribution < -0.4 is 4.74 Å². The lowest BCUT2D eigenvalue weighted by Crippen LogP contribution is -2.19. The summed E-state index contributed by atoms with van der Waals surface area (Å²) in [7, 11) is 0. The minimum Gasteiger partial charge on any atom is -0.490 e. The van der Waals surface area contributed by atoms with Crippen molar-refractivity contribution in [3.63, 3.8) is 0 Å². The van der Waals surface area contributed by atoms with Crippen molar-refractivity contribution in [1.82, 2.24) is 0 Å². The van der Waals surface area contributed by atoms with Crippen LogP contribution in [0.15, 0.2) is 24.3 Å². The van der Waals surface area contributed by atoms with E-state index in [0.29, 0.717) is 12.5 Å². The summed E-state index contributed by atoms with van der Waals surface area (Å²) in [5.41, 5.74) is 0.955. The lowest BCUT2D eigenvalue weighted by atomic mass is 9.98. The van der Waals surface area contributed by atoms with Gasteiger partial charge in [-0.25, -0.2) is 0 Å². The lowest BCUT2D eigenvalue weighted by molar-refractivity contribution is 0.155. The first-order valence-corrected chi connectivity index (χ1v) is 6.75. The summed E-state index contributed by atoms with van der Waals surface area (Å²) in [6.45, 7) is 0.116. The Balaban J connectivity index is 1.96. The van der Waals surface area contributed by atoms with Crippen LogP contribution in [0.4, 0.5) is 0 Å². The molecule has 18 heavy (non-hydrogen) atoms. The molecular weight excluding hydrogens is 224 g/mol. The average molecular weight is 244 g/mol. The Kier molecular flexibility index (Phi) is 5.11. The molecule has 1 aliphatic rings. The molecule has 2 heteroatoms. The van der Waals surface area contributed by atoms with Crippen LogP contribution in [0.3, 0.4) is 0 Å². The maximum absolute atomic E-state index is 8.69. The summed E-state index contributed by atoms with van der Waals surface area (Å²) in [5.74, 6) is 6.87. The highest BCUT2D eigenvalue weighted by Gasteiger charge is 2.14. The maximum atomic E-state index is 8.69. The van der Waals surface area contributed by atoms with E-state index in [1.54, 1.807) is 0 Å². The monoisotopic (exact) mass is 244 g/mol. The van der Waals surface area contributed by atoms with Gasteiger partial charge in [-0.15, -0.1) is 0 Å². The third-order valence-corrected chi connectivity index (χ3v) is 3.16. The molecule has 0 radical (unpaired) electrons. The van der Waals surface area contributed by atoms with Gasteiger partial charge in [0.1, 0.15) is 5.75 Å². The zero-order valence-electron chi connectivity index (χ0n) is 10.7. The normalized spacial score (nSPS) is 15.8. The number of hydrogen-bond donors (Lipinski definition) is 1. The van der Waals surface area contributed by atoms with Gasteiger partial charge in [0.15, 0.2) is 0 Å². The first kappa shape index (κ1) is 13.0. The van der Waals surface area contributed by atoms with Crippen LogP contribution in [0.1, 0.15) is 44.1 Å². The molecule has 0 heterocycles. The standard InChI is InChI=1S/C16H20O2/c17-12-5-4-7-14-8-6-11-16(13-14)18-15-9-2-1-3-10-15/h6,8,11,13,15,17H,1-3,5,9-10,12H2. The average Bonchev–Trinajstić information content (AvgIpc) is 2.41. The molecule has 0 bridgehead atoms. The number of rotatable bonds is 3. The van der Waals surface area contributed by atoms with Crippen molar-refractivity contribution in [2.75, 3.05) is 6.61 Å². The summed E-state index contributed by atoms with van der Waals surface area (Å²) in [6.07, 6.45) is 7.13. The van der Waals surface area contributed by atoms with Gasteiger partial charge in [-0.2, -0.15) is 0 Å². The molecule has 1 N–H and O–H groups in total. The molecule has 2 rings (SSSR count). The molecule has 0 amide bonds. The van der Waals surface area contributed by atoms with Crippen molar-refractivity contribution in [3.05, 3.63) is 29.8 Å². The summed E-state index contributed by atoms with van der Waals surface area (Å²) in [4.78, 5) is 0. The Morgan fingerprint density at radius 2 is 2.06 bits per heavy atom. The molecule has 0 saturated heterocycles. The van der Waals surface area contributed by atoms with Crippen molar-refractivity contribution in [3.8, 4) is 17.6 Å². The molecule has 0 spiro atoms. The molecule has 0 aromatic heterocycles. The Morgan fingerprint density at radius 1 is 1.22 bits per heavy atom. The van der Waals surface area contributed by atoms with Crippen LogP contribution in [0.5, 0.6) is 5.75 Å². The smallest absolute Gasteiger partial charge is 0.120 e. The highest BCUT2D eigenvalue weighted by atomic mass is 16.5. The van der Waals surface area contributed by atoms with E-state index in [0.717, 1.165) is 11.3 Å². The van der Waals surface area contributed by atoms with Crippen molar-refractivity contribution in [1.29, 1.82) is 0 Å². The molecule has 1 aromatic rings. The van der Waals surface area contributed by atoms with Crippen LogP contribution in [0, 0.1) is 11.8 Å². The molecule has 96 valence electrons. The maximum Gasteiger partial charge on any atom is 0.120 e. The molecule has 2 nitrogen and oxygen atoms in total. The SMILES string of the molecule is OCCC#Cc1cccc(OC2CCCCC2)c1. The third-order valence-electron chi connectivity index (χ3n) is 3.16. The second-order valence-electron chi connectivity index (χ2n) is 4.68. The van der Waals surface area contributed by atoms with Crippen molar-refractivity contribution < 1.29 is 9.84 Å². The minimum atomic E-state index is 0.116. The zero-order chi connectivity index (χ0) is 12.6. The van der Waals surface area contributed by atoms with Gasteiger partial charge < -0.3 is 9.84 Å². The van der Waals surface area contributed by atoms with Gasteiger partial charge in [0.25, 0.3) is 0 Å². The fourth-order valence-corrected chi connectivity index (χ4v) is 2.24. The van der Waals surface area contributed by atoms with E-state index < -0.39 is 0 Å². The van der Waals surface area contributed by atoms with Gasteiger partial charge >= 0.3 is 0 Å². The number of aliphatic hydroxyl groups excluding tert-OH is 1. The molecule has 1 fully saturated rings. The predicted molar refractivity (Wildman–Crippen MR) is 72.5 cm³/mol. The van der Waals surface area contributed by atoms with Crippen LogP contribution in [0.2, 0.25) is 0 Å². The van der Waals surface area contributed by atoms with Gasteiger partial charge in [0.2, 0.25) is 0 Å². The van der Waals surface area contributed by atoms with E-state index in [4.69, 9.17) is 9.84 Å². The zero-order valence-corrected chi connectivity index (χ0v) is 10.7. The highest BCUT2D eigenvalue weighted by Crippen LogP contribution is 2.23. The van der Waals surface area contributed by atoms with Gasteiger partial charge in [0.05, 0.1) is 12.7 Å². The molecule has 1 aliphatic carbocycles. The quantitative estimate of drug-likeness (QED) is 0.828. The van der Waals surface area contributed by atoms with Crippen molar-refractivity contribution in [2.24, 2.45) is 0 Å². The van der Waals surface area contributed by atoms with Crippen LogP contribution in [-0.4, -0.2) is 17.8 Å². The van der Waals surface area contributed by atoms with Gasteiger partial charge in [-0.1, -0.05) is 24.3 Å². The molecule has 0 atom stereocenters. The van der Waals surface area contributed by atoms with E-state index in [1.165, 1.54) is 32.1 Å². The van der Waals surface area contributed by atoms with Crippen LogP contribution in [0.25, 0.3) is 0 Å². The van der Waals surface area contributed by atoms with E-state index in [-0.39, 0.29) is 6.61 Å². The Bertz CT molecular complexity index is 422. The molecule has 0 aliphatic heterocycles. The van der Waals surface area contributed by atoms with E-state index in [2.05, 4.69) is 11.8 Å². The van der Waals surface area contributed by atoms with E-state index in [1.807, 2.05) is 24.3 Å². The number of hydrogen-bond acceptors (Lipinski definition) is 2. The number of aliphatic hydroxyl groups is 1. The van der Waals surface area contributed by atoms with Crippen LogP contribution >= 0.6 is 0 Å². The summed E-state index contributed by atoms with van der Waals surface area (Å²) >= 11 is 0. The second kappa shape index (κ2) is 7.08. The Morgan fingerprint density at radius 3 is 2.83 bits per heavy atom. The molecular formula is C16H20O2. The fourth-order valence-electron chi connectivity index (χ4n) is 2.24. The molecule has 1 aromatic carbocycles. The summed E-state index contributed by atoms with van der Waals surface area (Å²) < 4.78 is 5.99. The largest absolute Gasteiger partial charge is 0.490 e. The Hall–Kier alpha value is -1.46. The number of benzene rings is 1. The number of ether oxygens (including phenoxy) is 1. The second-order valence-corrected chi connectivity index (χ2v) is 4.68. The Labute approximate surface area is 109 Å². The van der Waals surface area contributed by atoms with Gasteiger partial charge in [0, 0.05) is 12.0 Å². The van der Waals surface area contributed by atoms with Crippen LogP contribution in [-0.2, 0) is 0 Å². The van der Waals surface area contributed by atoms with E-state index in [9.17, 15) is 0 Å². The summed E-state index contributed by atoms with van der Waals surface area (Å²) in [5, 5.41) is 8.69. The lowest BCUT2D eigenvalue weighted by Gasteiger charge is -2.23. The van der Waals surface area contributed by atoms with Crippen molar-refractivity contribution >= 4 is 0 Å². The first-order valence-electron chi connectivity index (χ1n) is 6.75. The van der Waals surface area contributed by atoms with Gasteiger partial charge in [-0.05, 0) is 43.9 Å². The topological polar surface area (TPSA) is 29.5 Å². The van der Waals surface area contributed by atoms with Crippen molar-refractivity contribution in [2.45, 2.75) is 44.6 Å². The van der Waals surface area contributed by atoms with E-state index >= 15 is 0 Å². The molecule has 0 unspecified atom stereocenters. The third kappa shape index (κ3) is 4.09. The highest BCUT2D eigenvalue weighted by molar-refractivity contribution is 5.39.